The fourth-order valence-electron chi connectivity index (χ4n) is 3.37. The van der Waals surface area contributed by atoms with Crippen molar-refractivity contribution in [1.82, 2.24) is 9.80 Å². The van der Waals surface area contributed by atoms with Crippen molar-refractivity contribution in [2.75, 3.05) is 39.4 Å². The van der Waals surface area contributed by atoms with Gasteiger partial charge in [-0.25, -0.2) is 4.99 Å². The summed E-state index contributed by atoms with van der Waals surface area (Å²) in [6.45, 7) is 9.69. The molecule has 2 N–H and O–H groups in total. The van der Waals surface area contributed by atoms with Gasteiger partial charge in [0.2, 0.25) is 0 Å². The van der Waals surface area contributed by atoms with Crippen LogP contribution in [0.1, 0.15) is 30.9 Å². The zero-order valence-corrected chi connectivity index (χ0v) is 14.8. The zero-order chi connectivity index (χ0) is 16.8. The van der Waals surface area contributed by atoms with Gasteiger partial charge in [0, 0.05) is 32.7 Å². The highest BCUT2D eigenvalue weighted by molar-refractivity contribution is 5.78. The predicted molar refractivity (Wildman–Crippen MR) is 97.8 cm³/mol. The second-order valence-corrected chi connectivity index (χ2v) is 7.00. The van der Waals surface area contributed by atoms with Crippen molar-refractivity contribution < 1.29 is 4.74 Å². The SMILES string of the molecule is CC1CCN(C(N)=NCc2ccccc2CN2CCOCC2)CC1. The Labute approximate surface area is 145 Å². The Balaban J connectivity index is 1.61. The smallest absolute Gasteiger partial charge is 0.191 e. The van der Waals surface area contributed by atoms with E-state index in [0.717, 1.165) is 51.9 Å². The molecule has 5 heteroatoms. The highest BCUT2D eigenvalue weighted by atomic mass is 16.5. The number of guanidine groups is 1. The summed E-state index contributed by atoms with van der Waals surface area (Å²) in [7, 11) is 0. The third kappa shape index (κ3) is 4.71. The first-order valence-corrected chi connectivity index (χ1v) is 9.14. The maximum absolute atomic E-state index is 6.23. The van der Waals surface area contributed by atoms with Crippen LogP contribution in [-0.2, 0) is 17.8 Å². The first-order chi connectivity index (χ1) is 11.7. The fraction of sp³-hybridized carbons (Fsp3) is 0.632. The summed E-state index contributed by atoms with van der Waals surface area (Å²) in [5.74, 6) is 1.51. The molecule has 5 nitrogen and oxygen atoms in total. The quantitative estimate of drug-likeness (QED) is 0.678. The van der Waals surface area contributed by atoms with Crippen molar-refractivity contribution in [1.29, 1.82) is 0 Å². The number of aliphatic imine (C=N–C) groups is 1. The van der Waals surface area contributed by atoms with Crippen LogP contribution in [-0.4, -0.2) is 55.2 Å². The molecule has 0 aromatic heterocycles. The Kier molecular flexibility index (Phi) is 6.10. The van der Waals surface area contributed by atoms with Crippen molar-refractivity contribution in [3.8, 4) is 0 Å². The Morgan fingerprint density at radius 1 is 1.12 bits per heavy atom. The number of hydrogen-bond donors (Lipinski definition) is 1. The number of rotatable bonds is 4. The maximum atomic E-state index is 6.23. The summed E-state index contributed by atoms with van der Waals surface area (Å²) in [5.41, 5.74) is 8.85. The molecule has 1 aromatic carbocycles. The van der Waals surface area contributed by atoms with E-state index >= 15 is 0 Å². The molecule has 2 saturated heterocycles. The van der Waals surface area contributed by atoms with Gasteiger partial charge >= 0.3 is 0 Å². The van der Waals surface area contributed by atoms with Crippen LogP contribution in [0.3, 0.4) is 0 Å². The monoisotopic (exact) mass is 330 g/mol. The summed E-state index contributed by atoms with van der Waals surface area (Å²) >= 11 is 0. The van der Waals surface area contributed by atoms with E-state index in [1.54, 1.807) is 0 Å². The fourth-order valence-corrected chi connectivity index (χ4v) is 3.37. The summed E-state index contributed by atoms with van der Waals surface area (Å²) < 4.78 is 5.44. The Hall–Kier alpha value is -1.59. The molecule has 1 aromatic rings. The van der Waals surface area contributed by atoms with E-state index in [2.05, 4.69) is 46.0 Å². The molecule has 2 fully saturated rings. The topological polar surface area (TPSA) is 54.1 Å². The first kappa shape index (κ1) is 17.2. The molecule has 2 aliphatic heterocycles. The largest absolute Gasteiger partial charge is 0.379 e. The van der Waals surface area contributed by atoms with Crippen LogP contribution in [0.2, 0.25) is 0 Å². The highest BCUT2D eigenvalue weighted by Crippen LogP contribution is 2.17. The molecule has 2 aliphatic rings. The van der Waals surface area contributed by atoms with Crippen molar-refractivity contribution in [2.45, 2.75) is 32.9 Å². The standard InChI is InChI=1S/C19H30N4O/c1-16-6-8-23(9-7-16)19(20)21-14-17-4-2-3-5-18(17)15-22-10-12-24-13-11-22/h2-5,16H,6-15H2,1H3,(H2,20,21). The third-order valence-electron chi connectivity index (χ3n) is 5.14. The van der Waals surface area contributed by atoms with Gasteiger partial charge in [-0.1, -0.05) is 31.2 Å². The van der Waals surface area contributed by atoms with Crippen LogP contribution in [0.5, 0.6) is 0 Å². The molecule has 132 valence electrons. The van der Waals surface area contributed by atoms with Gasteiger partial charge in [-0.05, 0) is 29.9 Å². The number of likely N-dealkylation sites (tertiary alicyclic amines) is 1. The molecule has 0 spiro atoms. The van der Waals surface area contributed by atoms with E-state index in [1.165, 1.54) is 24.0 Å². The van der Waals surface area contributed by atoms with Crippen LogP contribution in [0.25, 0.3) is 0 Å². The molecule has 0 saturated carbocycles. The number of nitrogens with two attached hydrogens (primary N) is 1. The number of benzene rings is 1. The zero-order valence-electron chi connectivity index (χ0n) is 14.8. The molecule has 2 heterocycles. The van der Waals surface area contributed by atoms with E-state index in [1.807, 2.05) is 0 Å². The van der Waals surface area contributed by atoms with Gasteiger partial charge in [-0.3, -0.25) is 4.90 Å². The summed E-state index contributed by atoms with van der Waals surface area (Å²) in [6.07, 6.45) is 2.42. The number of hydrogen-bond acceptors (Lipinski definition) is 3. The van der Waals surface area contributed by atoms with Crippen LogP contribution < -0.4 is 5.73 Å². The van der Waals surface area contributed by atoms with E-state index in [0.29, 0.717) is 12.5 Å². The lowest BCUT2D eigenvalue weighted by molar-refractivity contribution is 0.0341. The lowest BCUT2D eigenvalue weighted by atomic mass is 10.00. The molecule has 3 rings (SSSR count). The van der Waals surface area contributed by atoms with E-state index < -0.39 is 0 Å². The van der Waals surface area contributed by atoms with Gasteiger partial charge in [-0.2, -0.15) is 0 Å². The molecular weight excluding hydrogens is 300 g/mol. The van der Waals surface area contributed by atoms with Gasteiger partial charge in [0.15, 0.2) is 5.96 Å². The third-order valence-corrected chi connectivity index (χ3v) is 5.14. The molecule has 0 radical (unpaired) electrons. The molecular formula is C19H30N4O. The molecule has 0 amide bonds. The normalized spacial score (nSPS) is 21.2. The predicted octanol–water partition coefficient (Wildman–Crippen LogP) is 2.07. The molecule has 24 heavy (non-hydrogen) atoms. The summed E-state index contributed by atoms with van der Waals surface area (Å²) in [6, 6.07) is 8.58. The number of morpholine rings is 1. The minimum Gasteiger partial charge on any atom is -0.379 e. The highest BCUT2D eigenvalue weighted by Gasteiger charge is 2.17. The van der Waals surface area contributed by atoms with Crippen molar-refractivity contribution >= 4 is 5.96 Å². The van der Waals surface area contributed by atoms with Crippen LogP contribution >= 0.6 is 0 Å². The lowest BCUT2D eigenvalue weighted by Gasteiger charge is -2.31. The van der Waals surface area contributed by atoms with Gasteiger partial charge in [0.25, 0.3) is 0 Å². The number of nitrogens with zero attached hydrogens (tertiary/aromatic N) is 3. The van der Waals surface area contributed by atoms with E-state index in [9.17, 15) is 0 Å². The Bertz CT molecular complexity index is 546. The molecule has 0 bridgehead atoms. The molecule has 0 atom stereocenters. The van der Waals surface area contributed by atoms with Crippen molar-refractivity contribution in [2.24, 2.45) is 16.6 Å². The Morgan fingerprint density at radius 2 is 1.79 bits per heavy atom. The van der Waals surface area contributed by atoms with Crippen molar-refractivity contribution in [3.05, 3.63) is 35.4 Å². The van der Waals surface area contributed by atoms with Gasteiger partial charge in [0.1, 0.15) is 0 Å². The van der Waals surface area contributed by atoms with E-state index in [-0.39, 0.29) is 0 Å². The minimum atomic E-state index is 0.665. The van der Waals surface area contributed by atoms with Gasteiger partial charge in [-0.15, -0.1) is 0 Å². The Morgan fingerprint density at radius 3 is 2.50 bits per heavy atom. The van der Waals surface area contributed by atoms with Gasteiger partial charge < -0.3 is 15.4 Å². The number of ether oxygens (including phenoxy) is 1. The van der Waals surface area contributed by atoms with E-state index in [4.69, 9.17) is 10.5 Å². The second kappa shape index (κ2) is 8.49. The summed E-state index contributed by atoms with van der Waals surface area (Å²) in [4.78, 5) is 9.35. The van der Waals surface area contributed by atoms with Crippen LogP contribution in [0.4, 0.5) is 0 Å². The van der Waals surface area contributed by atoms with Crippen LogP contribution in [0.15, 0.2) is 29.3 Å². The molecule has 0 aliphatic carbocycles. The van der Waals surface area contributed by atoms with Crippen molar-refractivity contribution in [3.63, 3.8) is 0 Å². The average molecular weight is 330 g/mol. The van der Waals surface area contributed by atoms with Gasteiger partial charge in [0.05, 0.1) is 19.8 Å². The van der Waals surface area contributed by atoms with Crippen LogP contribution in [0, 0.1) is 5.92 Å². The summed E-state index contributed by atoms with van der Waals surface area (Å²) in [5, 5.41) is 0. The molecule has 0 unspecified atom stereocenters. The second-order valence-electron chi connectivity index (χ2n) is 7.00. The maximum Gasteiger partial charge on any atom is 0.191 e. The first-order valence-electron chi connectivity index (χ1n) is 9.14. The number of piperidine rings is 1. The minimum absolute atomic E-state index is 0.665. The average Bonchev–Trinajstić information content (AvgIpc) is 2.62. The lowest BCUT2D eigenvalue weighted by Crippen LogP contribution is -2.42.